The highest BCUT2D eigenvalue weighted by Crippen LogP contribution is 2.22. The number of hydrogen-bond donors (Lipinski definition) is 2. The molecule has 0 aliphatic rings. The van der Waals surface area contributed by atoms with Gasteiger partial charge in [-0.1, -0.05) is 29.3 Å². The van der Waals surface area contributed by atoms with Crippen molar-refractivity contribution in [2.75, 3.05) is 20.1 Å². The smallest absolute Gasteiger partial charge is 0.224 e. The molecule has 1 rings (SSSR count). The first-order chi connectivity index (χ1) is 7.63. The van der Waals surface area contributed by atoms with Gasteiger partial charge in [0, 0.05) is 13.1 Å². The van der Waals surface area contributed by atoms with Gasteiger partial charge in [0.1, 0.15) is 0 Å². The number of rotatable bonds is 5. The SMILES string of the molecule is CNCCNC(=O)Cc1ccc(Cl)c(Cl)c1. The quantitative estimate of drug-likeness (QED) is 0.794. The van der Waals surface area contributed by atoms with Gasteiger partial charge in [-0.2, -0.15) is 0 Å². The van der Waals surface area contributed by atoms with Gasteiger partial charge in [-0.3, -0.25) is 4.79 Å². The molecule has 1 aromatic carbocycles. The summed E-state index contributed by atoms with van der Waals surface area (Å²) in [4.78, 5) is 11.5. The highest BCUT2D eigenvalue weighted by molar-refractivity contribution is 6.42. The molecular formula is C11H14Cl2N2O. The molecule has 16 heavy (non-hydrogen) atoms. The predicted molar refractivity (Wildman–Crippen MR) is 67.1 cm³/mol. The zero-order valence-electron chi connectivity index (χ0n) is 9.02. The van der Waals surface area contributed by atoms with E-state index in [1.165, 1.54) is 0 Å². The zero-order valence-corrected chi connectivity index (χ0v) is 10.5. The fraction of sp³-hybridized carbons (Fsp3) is 0.364. The summed E-state index contributed by atoms with van der Waals surface area (Å²) in [5.41, 5.74) is 0.858. The van der Waals surface area contributed by atoms with Gasteiger partial charge in [-0.05, 0) is 24.7 Å². The van der Waals surface area contributed by atoms with Crippen LogP contribution in [0.25, 0.3) is 0 Å². The molecule has 88 valence electrons. The Kier molecular flexibility index (Phi) is 5.60. The van der Waals surface area contributed by atoms with Crippen LogP contribution in [0.1, 0.15) is 5.56 Å². The number of hydrogen-bond acceptors (Lipinski definition) is 2. The summed E-state index contributed by atoms with van der Waals surface area (Å²) in [6.07, 6.45) is 0.320. The van der Waals surface area contributed by atoms with Crippen LogP contribution in [0, 0.1) is 0 Å². The van der Waals surface area contributed by atoms with Crippen molar-refractivity contribution in [3.8, 4) is 0 Å². The normalized spacial score (nSPS) is 10.2. The summed E-state index contributed by atoms with van der Waals surface area (Å²) < 4.78 is 0. The third-order valence-electron chi connectivity index (χ3n) is 2.05. The Labute approximate surface area is 105 Å². The van der Waals surface area contributed by atoms with Crippen molar-refractivity contribution in [3.63, 3.8) is 0 Å². The first-order valence-corrected chi connectivity index (χ1v) is 5.74. The average molecular weight is 261 g/mol. The Hall–Kier alpha value is -0.770. The highest BCUT2D eigenvalue weighted by atomic mass is 35.5. The van der Waals surface area contributed by atoms with E-state index in [4.69, 9.17) is 23.2 Å². The van der Waals surface area contributed by atoms with E-state index in [9.17, 15) is 4.79 Å². The molecule has 0 spiro atoms. The fourth-order valence-electron chi connectivity index (χ4n) is 1.22. The molecule has 0 atom stereocenters. The van der Waals surface area contributed by atoms with Gasteiger partial charge in [-0.25, -0.2) is 0 Å². The first kappa shape index (κ1) is 13.3. The monoisotopic (exact) mass is 260 g/mol. The number of amides is 1. The molecule has 0 saturated carbocycles. The van der Waals surface area contributed by atoms with Crippen molar-refractivity contribution in [2.45, 2.75) is 6.42 Å². The summed E-state index contributed by atoms with van der Waals surface area (Å²) in [5, 5.41) is 6.71. The first-order valence-electron chi connectivity index (χ1n) is 4.98. The second-order valence-corrected chi connectivity index (χ2v) is 4.19. The molecule has 5 heteroatoms. The van der Waals surface area contributed by atoms with Crippen LogP contribution in [0.4, 0.5) is 0 Å². The molecule has 1 amide bonds. The number of likely N-dealkylation sites (N-methyl/N-ethyl adjacent to an activating group) is 1. The van der Waals surface area contributed by atoms with Gasteiger partial charge >= 0.3 is 0 Å². The number of carbonyl (C=O) groups is 1. The van der Waals surface area contributed by atoms with Crippen LogP contribution >= 0.6 is 23.2 Å². The van der Waals surface area contributed by atoms with E-state index in [1.54, 1.807) is 18.2 Å². The van der Waals surface area contributed by atoms with Crippen LogP contribution in [-0.4, -0.2) is 26.0 Å². The van der Waals surface area contributed by atoms with Crippen molar-refractivity contribution in [1.29, 1.82) is 0 Å². The van der Waals surface area contributed by atoms with Crippen molar-refractivity contribution < 1.29 is 4.79 Å². The molecule has 1 aromatic rings. The third kappa shape index (κ3) is 4.39. The largest absolute Gasteiger partial charge is 0.355 e. The Morgan fingerprint density at radius 3 is 2.62 bits per heavy atom. The predicted octanol–water partition coefficient (Wildman–Crippen LogP) is 1.87. The summed E-state index contributed by atoms with van der Waals surface area (Å²) in [7, 11) is 1.84. The summed E-state index contributed by atoms with van der Waals surface area (Å²) >= 11 is 11.6. The molecule has 0 bridgehead atoms. The van der Waals surface area contributed by atoms with Crippen molar-refractivity contribution in [2.24, 2.45) is 0 Å². The molecule has 0 radical (unpaired) electrons. The maximum absolute atomic E-state index is 11.5. The molecule has 0 saturated heterocycles. The Balaban J connectivity index is 2.46. The number of carbonyl (C=O) groups excluding carboxylic acids is 1. The van der Waals surface area contributed by atoms with E-state index in [2.05, 4.69) is 10.6 Å². The lowest BCUT2D eigenvalue weighted by molar-refractivity contribution is -0.120. The van der Waals surface area contributed by atoms with Crippen LogP contribution in [0.5, 0.6) is 0 Å². The van der Waals surface area contributed by atoms with E-state index in [1.807, 2.05) is 7.05 Å². The van der Waals surface area contributed by atoms with Gasteiger partial charge in [0.2, 0.25) is 5.91 Å². The van der Waals surface area contributed by atoms with E-state index < -0.39 is 0 Å². The minimum absolute atomic E-state index is 0.0198. The molecule has 0 aromatic heterocycles. The van der Waals surface area contributed by atoms with E-state index in [-0.39, 0.29) is 5.91 Å². The van der Waals surface area contributed by atoms with Gasteiger partial charge < -0.3 is 10.6 Å². The lowest BCUT2D eigenvalue weighted by Crippen LogP contribution is -2.31. The average Bonchev–Trinajstić information content (AvgIpc) is 2.24. The summed E-state index contributed by atoms with van der Waals surface area (Å²) in [6.45, 7) is 1.38. The second-order valence-electron chi connectivity index (χ2n) is 3.38. The van der Waals surface area contributed by atoms with E-state index >= 15 is 0 Å². The standard InChI is InChI=1S/C11H14Cl2N2O/c1-14-4-5-15-11(16)7-8-2-3-9(12)10(13)6-8/h2-3,6,14H,4-5,7H2,1H3,(H,15,16). The minimum Gasteiger partial charge on any atom is -0.355 e. The lowest BCUT2D eigenvalue weighted by Gasteiger charge is -2.05. The van der Waals surface area contributed by atoms with Gasteiger partial charge in [0.15, 0.2) is 0 Å². The van der Waals surface area contributed by atoms with Crippen molar-refractivity contribution in [1.82, 2.24) is 10.6 Å². The third-order valence-corrected chi connectivity index (χ3v) is 2.78. The van der Waals surface area contributed by atoms with Gasteiger partial charge in [0.05, 0.1) is 16.5 Å². The van der Waals surface area contributed by atoms with Gasteiger partial charge in [-0.15, -0.1) is 0 Å². The van der Waals surface area contributed by atoms with Crippen molar-refractivity contribution >= 4 is 29.1 Å². The molecule has 3 nitrogen and oxygen atoms in total. The Morgan fingerprint density at radius 1 is 1.25 bits per heavy atom. The lowest BCUT2D eigenvalue weighted by atomic mass is 10.1. The van der Waals surface area contributed by atoms with Crippen LogP contribution in [-0.2, 0) is 11.2 Å². The number of benzene rings is 1. The summed E-state index contributed by atoms with van der Waals surface area (Å²) in [5.74, 6) is -0.0198. The van der Waals surface area contributed by atoms with Crippen LogP contribution in [0.2, 0.25) is 10.0 Å². The van der Waals surface area contributed by atoms with Gasteiger partial charge in [0.25, 0.3) is 0 Å². The Morgan fingerprint density at radius 2 is 2.00 bits per heavy atom. The topological polar surface area (TPSA) is 41.1 Å². The van der Waals surface area contributed by atoms with Crippen LogP contribution in [0.3, 0.4) is 0 Å². The highest BCUT2D eigenvalue weighted by Gasteiger charge is 2.04. The number of nitrogens with one attached hydrogen (secondary N) is 2. The second kappa shape index (κ2) is 6.74. The molecule has 0 aliphatic heterocycles. The van der Waals surface area contributed by atoms with E-state index in [0.717, 1.165) is 12.1 Å². The minimum atomic E-state index is -0.0198. The zero-order chi connectivity index (χ0) is 12.0. The van der Waals surface area contributed by atoms with Crippen molar-refractivity contribution in [3.05, 3.63) is 33.8 Å². The summed E-state index contributed by atoms with van der Waals surface area (Å²) in [6, 6.07) is 5.20. The van der Waals surface area contributed by atoms with Crippen LogP contribution < -0.4 is 10.6 Å². The van der Waals surface area contributed by atoms with E-state index in [0.29, 0.717) is 23.0 Å². The maximum Gasteiger partial charge on any atom is 0.224 e. The number of halogens is 2. The molecule has 0 unspecified atom stereocenters. The van der Waals surface area contributed by atoms with Crippen LogP contribution in [0.15, 0.2) is 18.2 Å². The molecule has 0 aliphatic carbocycles. The molecule has 2 N–H and O–H groups in total. The maximum atomic E-state index is 11.5. The fourth-order valence-corrected chi connectivity index (χ4v) is 1.55. The molecule has 0 heterocycles. The molecule has 0 fully saturated rings. The molecular weight excluding hydrogens is 247 g/mol. The Bertz CT molecular complexity index is 369.